The highest BCUT2D eigenvalue weighted by atomic mass is 16.3. The number of fused-ring (bicyclic) bond motifs is 1. The number of aromatic nitrogens is 4. The lowest BCUT2D eigenvalue weighted by atomic mass is 10.1. The minimum absolute atomic E-state index is 0.316. The maximum absolute atomic E-state index is 10.1. The second-order valence-electron chi connectivity index (χ2n) is 7.76. The van der Waals surface area contributed by atoms with Crippen molar-refractivity contribution in [1.29, 1.82) is 0 Å². The summed E-state index contributed by atoms with van der Waals surface area (Å²) in [6.45, 7) is 3.78. The summed E-state index contributed by atoms with van der Waals surface area (Å²) in [5, 5.41) is 18.9. The summed E-state index contributed by atoms with van der Waals surface area (Å²) < 4.78 is 2.09. The molecule has 0 atom stereocenters. The minimum atomic E-state index is 0.316. The van der Waals surface area contributed by atoms with Gasteiger partial charge >= 0.3 is 0 Å². The second-order valence-corrected chi connectivity index (χ2v) is 7.76. The first-order valence-corrected chi connectivity index (χ1v) is 10.1. The number of hydrogen-bond donors (Lipinski definition) is 2. The van der Waals surface area contributed by atoms with Crippen LogP contribution >= 0.6 is 0 Å². The van der Waals surface area contributed by atoms with Crippen molar-refractivity contribution in [3.8, 4) is 0 Å². The maximum Gasteiger partial charge on any atom is 0.229 e. The fourth-order valence-corrected chi connectivity index (χ4v) is 3.79. The lowest BCUT2D eigenvalue weighted by Crippen LogP contribution is -2.11. The average Bonchev–Trinajstić information content (AvgIpc) is 2.93. The fraction of sp³-hybridized carbons (Fsp3) is 0.409. The number of allylic oxidation sites excluding steroid dienone is 1. The van der Waals surface area contributed by atoms with E-state index in [0.29, 0.717) is 17.7 Å². The standard InChI is InChI=1S/C22H27N5O/c1-15(2)20(28)16-9-11-18(12-10-16)25-22-23-13-17-14-24-27(21(17)26-22)19-7-5-3-4-6-8-19/h9-14,19,28H,3-8H2,1-2H3,(H,23,25,26). The molecule has 0 spiro atoms. The van der Waals surface area contributed by atoms with Gasteiger partial charge in [-0.3, -0.25) is 0 Å². The molecule has 0 aliphatic heterocycles. The van der Waals surface area contributed by atoms with Crippen molar-refractivity contribution < 1.29 is 5.11 Å². The van der Waals surface area contributed by atoms with Crippen molar-refractivity contribution >= 4 is 28.4 Å². The summed E-state index contributed by atoms with van der Waals surface area (Å²) in [5.74, 6) is 0.874. The normalized spacial score (nSPS) is 15.4. The molecule has 3 aromatic rings. The Morgan fingerprint density at radius 3 is 2.43 bits per heavy atom. The summed E-state index contributed by atoms with van der Waals surface area (Å²) in [4.78, 5) is 9.17. The molecular weight excluding hydrogens is 350 g/mol. The molecule has 2 N–H and O–H groups in total. The molecule has 4 rings (SSSR count). The first-order chi connectivity index (χ1) is 13.6. The molecule has 6 heteroatoms. The zero-order valence-electron chi connectivity index (χ0n) is 16.5. The van der Waals surface area contributed by atoms with Gasteiger partial charge in [-0.05, 0) is 56.5 Å². The monoisotopic (exact) mass is 377 g/mol. The fourth-order valence-electron chi connectivity index (χ4n) is 3.79. The highest BCUT2D eigenvalue weighted by Crippen LogP contribution is 2.29. The summed E-state index contributed by atoms with van der Waals surface area (Å²) in [5.41, 5.74) is 3.46. The van der Waals surface area contributed by atoms with Crippen LogP contribution in [0, 0.1) is 0 Å². The van der Waals surface area contributed by atoms with Crippen molar-refractivity contribution in [3.05, 3.63) is 47.8 Å². The highest BCUT2D eigenvalue weighted by molar-refractivity contribution is 5.75. The molecule has 28 heavy (non-hydrogen) atoms. The predicted molar refractivity (Wildman–Crippen MR) is 113 cm³/mol. The van der Waals surface area contributed by atoms with Gasteiger partial charge in [0.2, 0.25) is 5.95 Å². The Balaban J connectivity index is 1.57. The molecule has 0 amide bonds. The highest BCUT2D eigenvalue weighted by Gasteiger charge is 2.18. The minimum Gasteiger partial charge on any atom is -0.507 e. The molecular formula is C22H27N5O. The molecule has 0 saturated heterocycles. The van der Waals surface area contributed by atoms with E-state index in [-0.39, 0.29) is 0 Å². The number of anilines is 2. The molecule has 0 radical (unpaired) electrons. The number of nitrogens with zero attached hydrogens (tertiary/aromatic N) is 4. The van der Waals surface area contributed by atoms with E-state index in [2.05, 4.69) is 20.1 Å². The molecule has 6 nitrogen and oxygen atoms in total. The number of rotatable bonds is 4. The third-order valence-electron chi connectivity index (χ3n) is 5.39. The summed E-state index contributed by atoms with van der Waals surface area (Å²) in [6.07, 6.45) is 11.2. The topological polar surface area (TPSA) is 75.9 Å². The average molecular weight is 377 g/mol. The van der Waals surface area contributed by atoms with E-state index < -0.39 is 0 Å². The molecule has 146 valence electrons. The Morgan fingerprint density at radius 2 is 1.75 bits per heavy atom. The first kappa shape index (κ1) is 18.5. The van der Waals surface area contributed by atoms with E-state index in [1.807, 2.05) is 50.5 Å². The Bertz CT molecular complexity index is 978. The Hall–Kier alpha value is -2.89. The van der Waals surface area contributed by atoms with Crippen LogP contribution in [0.25, 0.3) is 16.8 Å². The Labute approximate surface area is 165 Å². The van der Waals surface area contributed by atoms with Gasteiger partial charge in [0.15, 0.2) is 5.65 Å². The summed E-state index contributed by atoms with van der Waals surface area (Å²) in [6, 6.07) is 8.04. The molecule has 2 heterocycles. The summed E-state index contributed by atoms with van der Waals surface area (Å²) in [7, 11) is 0. The molecule has 0 bridgehead atoms. The van der Waals surface area contributed by atoms with Crippen molar-refractivity contribution in [2.24, 2.45) is 0 Å². The number of aliphatic hydroxyl groups is 1. The van der Waals surface area contributed by atoms with Crippen LogP contribution in [0.4, 0.5) is 11.6 Å². The largest absolute Gasteiger partial charge is 0.507 e. The number of hydrogen-bond acceptors (Lipinski definition) is 5. The van der Waals surface area contributed by atoms with Gasteiger partial charge in [0.1, 0.15) is 5.76 Å². The van der Waals surface area contributed by atoms with E-state index in [9.17, 15) is 5.11 Å². The maximum atomic E-state index is 10.1. The van der Waals surface area contributed by atoms with E-state index in [1.54, 1.807) is 0 Å². The molecule has 0 unspecified atom stereocenters. The smallest absolute Gasteiger partial charge is 0.229 e. The van der Waals surface area contributed by atoms with Crippen LogP contribution < -0.4 is 5.32 Å². The van der Waals surface area contributed by atoms with E-state index >= 15 is 0 Å². The van der Waals surface area contributed by atoms with Crippen molar-refractivity contribution in [2.45, 2.75) is 58.4 Å². The molecule has 1 aliphatic carbocycles. The zero-order valence-corrected chi connectivity index (χ0v) is 16.5. The second kappa shape index (κ2) is 8.00. The number of nitrogens with one attached hydrogen (secondary N) is 1. The first-order valence-electron chi connectivity index (χ1n) is 10.1. The quantitative estimate of drug-likeness (QED) is 0.445. The molecule has 1 saturated carbocycles. The number of aliphatic hydroxyl groups excluding tert-OH is 1. The zero-order chi connectivity index (χ0) is 19.5. The van der Waals surface area contributed by atoms with Crippen molar-refractivity contribution in [3.63, 3.8) is 0 Å². The van der Waals surface area contributed by atoms with Crippen molar-refractivity contribution in [2.75, 3.05) is 5.32 Å². The van der Waals surface area contributed by atoms with Gasteiger partial charge in [0.05, 0.1) is 17.6 Å². The predicted octanol–water partition coefficient (Wildman–Crippen LogP) is 5.77. The van der Waals surface area contributed by atoms with E-state index in [1.165, 1.54) is 38.5 Å². The van der Waals surface area contributed by atoms with Gasteiger partial charge in [0.25, 0.3) is 0 Å². The van der Waals surface area contributed by atoms with Gasteiger partial charge in [-0.1, -0.05) is 25.7 Å². The SMILES string of the molecule is CC(C)=C(O)c1ccc(Nc2ncc3cnn(C4CCCCCC4)c3n2)cc1. The van der Waals surface area contributed by atoms with Gasteiger partial charge in [-0.2, -0.15) is 10.1 Å². The van der Waals surface area contributed by atoms with Crippen LogP contribution in [0.15, 0.2) is 42.2 Å². The lowest BCUT2D eigenvalue weighted by molar-refractivity contribution is 0.415. The van der Waals surface area contributed by atoms with E-state index in [4.69, 9.17) is 4.98 Å². The Morgan fingerprint density at radius 1 is 1.04 bits per heavy atom. The lowest BCUT2D eigenvalue weighted by Gasteiger charge is -2.15. The summed E-state index contributed by atoms with van der Waals surface area (Å²) >= 11 is 0. The molecule has 2 aromatic heterocycles. The number of benzene rings is 1. The third-order valence-corrected chi connectivity index (χ3v) is 5.39. The van der Waals surface area contributed by atoms with Crippen LogP contribution in [-0.2, 0) is 0 Å². The van der Waals surface area contributed by atoms with E-state index in [0.717, 1.165) is 27.9 Å². The van der Waals surface area contributed by atoms with Gasteiger partial charge in [-0.15, -0.1) is 0 Å². The van der Waals surface area contributed by atoms with Gasteiger partial charge < -0.3 is 10.4 Å². The van der Waals surface area contributed by atoms with Crippen LogP contribution in [0.2, 0.25) is 0 Å². The Kier molecular flexibility index (Phi) is 5.28. The van der Waals surface area contributed by atoms with Crippen molar-refractivity contribution in [1.82, 2.24) is 19.7 Å². The third kappa shape index (κ3) is 3.86. The van der Waals surface area contributed by atoms with Gasteiger partial charge in [0, 0.05) is 17.4 Å². The van der Waals surface area contributed by atoms with Crippen LogP contribution in [0.5, 0.6) is 0 Å². The van der Waals surface area contributed by atoms with Crippen LogP contribution in [0.3, 0.4) is 0 Å². The van der Waals surface area contributed by atoms with Gasteiger partial charge in [-0.25, -0.2) is 9.67 Å². The van der Waals surface area contributed by atoms with Crippen LogP contribution in [-0.4, -0.2) is 24.9 Å². The van der Waals surface area contributed by atoms with Crippen LogP contribution in [0.1, 0.15) is 64.0 Å². The molecule has 1 fully saturated rings. The molecule has 1 aliphatic rings. The molecule has 1 aromatic carbocycles.